The number of hydrogen-bond donors (Lipinski definition) is 1. The predicted molar refractivity (Wildman–Crippen MR) is 109 cm³/mol. The molecule has 28 heavy (non-hydrogen) atoms. The van der Waals surface area contributed by atoms with Gasteiger partial charge in [0, 0.05) is 23.7 Å². The number of thiazole rings is 1. The summed E-state index contributed by atoms with van der Waals surface area (Å²) in [5, 5.41) is 3.79. The number of nitrogens with one attached hydrogen (secondary N) is 1. The Morgan fingerprint density at radius 2 is 1.86 bits per heavy atom. The Morgan fingerprint density at radius 1 is 1.14 bits per heavy atom. The van der Waals surface area contributed by atoms with Gasteiger partial charge in [0.1, 0.15) is 0 Å². The van der Waals surface area contributed by atoms with Gasteiger partial charge in [-0.2, -0.15) is 4.31 Å². The van der Waals surface area contributed by atoms with E-state index >= 15 is 0 Å². The number of carbonyl (C=O) groups excluding carboxylic acids is 1. The molecule has 1 aliphatic rings. The van der Waals surface area contributed by atoms with E-state index in [1.807, 2.05) is 0 Å². The van der Waals surface area contributed by atoms with Crippen molar-refractivity contribution in [1.29, 1.82) is 0 Å². The Labute approximate surface area is 170 Å². The number of benzene rings is 2. The van der Waals surface area contributed by atoms with Crippen LogP contribution >= 0.6 is 22.9 Å². The van der Waals surface area contributed by atoms with E-state index in [0.29, 0.717) is 42.0 Å². The molecule has 0 atom stereocenters. The number of rotatable bonds is 4. The van der Waals surface area contributed by atoms with Crippen LogP contribution in [0.3, 0.4) is 0 Å². The fraction of sp³-hybridized carbons (Fsp3) is 0.222. The van der Waals surface area contributed by atoms with Gasteiger partial charge in [-0.05, 0) is 42.5 Å². The molecule has 4 rings (SSSR count). The van der Waals surface area contributed by atoms with Gasteiger partial charge in [-0.3, -0.25) is 10.1 Å². The minimum Gasteiger partial charge on any atom is -0.379 e. The van der Waals surface area contributed by atoms with Crippen LogP contribution in [0.5, 0.6) is 0 Å². The minimum atomic E-state index is -3.59. The van der Waals surface area contributed by atoms with Gasteiger partial charge >= 0.3 is 0 Å². The van der Waals surface area contributed by atoms with Crippen LogP contribution in [0.2, 0.25) is 5.02 Å². The molecule has 1 aromatic heterocycles. The summed E-state index contributed by atoms with van der Waals surface area (Å²) in [6.07, 6.45) is 0. The van der Waals surface area contributed by atoms with Crippen LogP contribution in [0, 0.1) is 0 Å². The third kappa shape index (κ3) is 3.89. The molecule has 0 aliphatic carbocycles. The molecule has 10 heteroatoms. The summed E-state index contributed by atoms with van der Waals surface area (Å²) in [5.74, 6) is -0.361. The molecule has 2 heterocycles. The van der Waals surface area contributed by atoms with Crippen LogP contribution in [0.4, 0.5) is 5.13 Å². The zero-order valence-corrected chi connectivity index (χ0v) is 17.0. The van der Waals surface area contributed by atoms with Gasteiger partial charge in [0.15, 0.2) is 5.13 Å². The highest BCUT2D eigenvalue weighted by Gasteiger charge is 2.26. The highest BCUT2D eigenvalue weighted by atomic mass is 35.5. The average molecular weight is 438 g/mol. The quantitative estimate of drug-likeness (QED) is 0.677. The smallest absolute Gasteiger partial charge is 0.257 e. The molecule has 0 spiro atoms. The lowest BCUT2D eigenvalue weighted by Gasteiger charge is -2.26. The van der Waals surface area contributed by atoms with Crippen molar-refractivity contribution in [2.45, 2.75) is 4.90 Å². The number of amides is 1. The maximum Gasteiger partial charge on any atom is 0.257 e. The largest absolute Gasteiger partial charge is 0.379 e. The van der Waals surface area contributed by atoms with Gasteiger partial charge < -0.3 is 4.74 Å². The van der Waals surface area contributed by atoms with Crippen LogP contribution in [-0.2, 0) is 14.8 Å². The highest BCUT2D eigenvalue weighted by molar-refractivity contribution is 7.89. The number of ether oxygens (including phenoxy) is 1. The fourth-order valence-corrected chi connectivity index (χ4v) is 5.38. The number of anilines is 1. The lowest BCUT2D eigenvalue weighted by molar-refractivity contribution is 0.0730. The molecule has 1 saturated heterocycles. The van der Waals surface area contributed by atoms with Crippen LogP contribution in [0.15, 0.2) is 47.4 Å². The summed E-state index contributed by atoms with van der Waals surface area (Å²) in [4.78, 5) is 17.0. The number of morpholine rings is 1. The van der Waals surface area contributed by atoms with E-state index in [9.17, 15) is 13.2 Å². The Hall–Kier alpha value is -2.04. The Balaban J connectivity index is 1.50. The van der Waals surface area contributed by atoms with Crippen LogP contribution < -0.4 is 5.32 Å². The van der Waals surface area contributed by atoms with Gasteiger partial charge in [-0.1, -0.05) is 22.9 Å². The maximum atomic E-state index is 12.6. The number of nitrogens with zero attached hydrogens (tertiary/aromatic N) is 2. The first-order valence-electron chi connectivity index (χ1n) is 8.49. The molecule has 0 bridgehead atoms. The van der Waals surface area contributed by atoms with Crippen molar-refractivity contribution in [1.82, 2.24) is 9.29 Å². The molecule has 3 aromatic rings. The molecular weight excluding hydrogens is 422 g/mol. The van der Waals surface area contributed by atoms with E-state index < -0.39 is 10.0 Å². The van der Waals surface area contributed by atoms with E-state index in [4.69, 9.17) is 16.3 Å². The monoisotopic (exact) mass is 437 g/mol. The Bertz CT molecular complexity index is 1120. The second-order valence-corrected chi connectivity index (χ2v) is 9.53. The first-order valence-corrected chi connectivity index (χ1v) is 11.1. The van der Waals surface area contributed by atoms with E-state index in [2.05, 4.69) is 10.3 Å². The number of aromatic nitrogens is 1. The summed E-state index contributed by atoms with van der Waals surface area (Å²) in [6, 6.07) is 11.2. The second-order valence-electron chi connectivity index (χ2n) is 6.13. The van der Waals surface area contributed by atoms with Crippen molar-refractivity contribution in [3.8, 4) is 0 Å². The average Bonchev–Trinajstić information content (AvgIpc) is 3.10. The SMILES string of the molecule is O=C(Nc1nc2ccc(Cl)cc2s1)c1ccc(S(=O)(=O)N2CCOCC2)cc1. The molecule has 2 aromatic carbocycles. The van der Waals surface area contributed by atoms with Crippen molar-refractivity contribution in [2.24, 2.45) is 0 Å². The first kappa shape index (κ1) is 19.3. The summed E-state index contributed by atoms with van der Waals surface area (Å²) in [6.45, 7) is 1.42. The van der Waals surface area contributed by atoms with Crippen molar-refractivity contribution >= 4 is 54.2 Å². The molecule has 7 nitrogen and oxygen atoms in total. The third-order valence-electron chi connectivity index (χ3n) is 4.30. The lowest BCUT2D eigenvalue weighted by atomic mass is 10.2. The van der Waals surface area contributed by atoms with Crippen molar-refractivity contribution in [3.63, 3.8) is 0 Å². The molecule has 0 radical (unpaired) electrons. The number of carbonyl (C=O) groups is 1. The van der Waals surface area contributed by atoms with Crippen molar-refractivity contribution in [3.05, 3.63) is 53.1 Å². The first-order chi connectivity index (χ1) is 13.4. The van der Waals surface area contributed by atoms with Crippen molar-refractivity contribution < 1.29 is 17.9 Å². The fourth-order valence-electron chi connectivity index (χ4n) is 2.84. The number of hydrogen-bond acceptors (Lipinski definition) is 6. The van der Waals surface area contributed by atoms with Crippen LogP contribution in [-0.4, -0.2) is 49.9 Å². The van der Waals surface area contributed by atoms with Gasteiger partial charge in [0.2, 0.25) is 10.0 Å². The van der Waals surface area contributed by atoms with Crippen LogP contribution in [0.1, 0.15) is 10.4 Å². The molecule has 1 aliphatic heterocycles. The van der Waals surface area contributed by atoms with E-state index in [1.54, 1.807) is 18.2 Å². The van der Waals surface area contributed by atoms with E-state index in [-0.39, 0.29) is 10.8 Å². The lowest BCUT2D eigenvalue weighted by Crippen LogP contribution is -2.40. The molecule has 146 valence electrons. The number of fused-ring (bicyclic) bond motifs is 1. The molecule has 1 N–H and O–H groups in total. The van der Waals surface area contributed by atoms with Crippen LogP contribution in [0.25, 0.3) is 10.2 Å². The van der Waals surface area contributed by atoms with Crippen molar-refractivity contribution in [2.75, 3.05) is 31.6 Å². The van der Waals surface area contributed by atoms with Gasteiger partial charge in [-0.15, -0.1) is 0 Å². The molecule has 0 saturated carbocycles. The Kier molecular flexibility index (Phi) is 5.35. The topological polar surface area (TPSA) is 88.6 Å². The number of halogens is 1. The zero-order chi connectivity index (χ0) is 19.7. The maximum absolute atomic E-state index is 12.6. The second kappa shape index (κ2) is 7.76. The molecule has 1 fully saturated rings. The summed E-state index contributed by atoms with van der Waals surface area (Å²) in [7, 11) is -3.59. The predicted octanol–water partition coefficient (Wildman–Crippen LogP) is 3.22. The zero-order valence-electron chi connectivity index (χ0n) is 14.6. The summed E-state index contributed by atoms with van der Waals surface area (Å²) >= 11 is 7.29. The van der Waals surface area contributed by atoms with Gasteiger partial charge in [-0.25, -0.2) is 13.4 Å². The molecule has 1 amide bonds. The summed E-state index contributed by atoms with van der Waals surface area (Å²) in [5.41, 5.74) is 1.09. The molecule has 0 unspecified atom stereocenters. The normalized spacial score (nSPS) is 15.6. The standard InChI is InChI=1S/C18H16ClN3O4S2/c19-13-3-6-15-16(11-13)27-18(20-15)21-17(23)12-1-4-14(5-2-12)28(24,25)22-7-9-26-10-8-22/h1-6,11H,7-10H2,(H,20,21,23). The third-order valence-corrected chi connectivity index (χ3v) is 7.38. The summed E-state index contributed by atoms with van der Waals surface area (Å²) < 4.78 is 32.7. The number of sulfonamides is 1. The highest BCUT2D eigenvalue weighted by Crippen LogP contribution is 2.28. The van der Waals surface area contributed by atoms with Gasteiger partial charge in [0.05, 0.1) is 28.3 Å². The minimum absolute atomic E-state index is 0.153. The van der Waals surface area contributed by atoms with E-state index in [0.717, 1.165) is 10.2 Å². The Morgan fingerprint density at radius 3 is 2.57 bits per heavy atom. The van der Waals surface area contributed by atoms with Gasteiger partial charge in [0.25, 0.3) is 5.91 Å². The van der Waals surface area contributed by atoms with E-state index in [1.165, 1.54) is 39.9 Å². The molecular formula is C18H16ClN3O4S2.